The first-order valence-corrected chi connectivity index (χ1v) is 13.6. The van der Waals surface area contributed by atoms with Gasteiger partial charge in [0.1, 0.15) is 0 Å². The Labute approximate surface area is 217 Å². The van der Waals surface area contributed by atoms with E-state index in [-0.39, 0.29) is 11.4 Å². The number of nitro groups is 1. The molecule has 7 nitrogen and oxygen atoms in total. The number of hydrogen-bond donors (Lipinski definition) is 2. The van der Waals surface area contributed by atoms with Gasteiger partial charge in [-0.25, -0.2) is 13.1 Å². The van der Waals surface area contributed by atoms with E-state index in [1.165, 1.54) is 24.3 Å². The van der Waals surface area contributed by atoms with Crippen LogP contribution in [0.15, 0.2) is 120 Å². The molecule has 0 saturated carbocycles. The summed E-state index contributed by atoms with van der Waals surface area (Å²) in [6.07, 6.45) is 1.25. The molecule has 0 aromatic heterocycles. The Morgan fingerprint density at radius 3 is 1.57 bits per heavy atom. The summed E-state index contributed by atoms with van der Waals surface area (Å²) in [4.78, 5) is 10.2. The Kier molecular flexibility index (Phi) is 8.45. The van der Waals surface area contributed by atoms with Crippen LogP contribution >= 0.6 is 0 Å². The Morgan fingerprint density at radius 1 is 0.649 bits per heavy atom. The van der Waals surface area contributed by atoms with Crippen LogP contribution in [0.25, 0.3) is 0 Å². The second-order valence-electron chi connectivity index (χ2n) is 8.60. The third-order valence-corrected chi connectivity index (χ3v) is 7.77. The highest BCUT2D eigenvalue weighted by Gasteiger charge is 2.35. The van der Waals surface area contributed by atoms with Crippen molar-refractivity contribution < 1.29 is 13.3 Å². The van der Waals surface area contributed by atoms with Gasteiger partial charge in [0.2, 0.25) is 10.0 Å². The molecule has 4 aromatic rings. The molecule has 0 aliphatic rings. The Bertz CT molecular complexity index is 1320. The van der Waals surface area contributed by atoms with Crippen LogP contribution in [0.4, 0.5) is 5.69 Å². The number of nitrogens with one attached hydrogen (secondary N) is 2. The minimum absolute atomic E-state index is 0.172. The summed E-state index contributed by atoms with van der Waals surface area (Å²) in [6, 6.07) is 36.1. The largest absolute Gasteiger partial charge is 0.300 e. The molecule has 37 heavy (non-hydrogen) atoms. The minimum atomic E-state index is -3.99. The molecule has 0 radical (unpaired) electrons. The second-order valence-corrected chi connectivity index (χ2v) is 10.3. The van der Waals surface area contributed by atoms with Crippen LogP contribution in [0.1, 0.15) is 29.5 Å². The molecule has 0 atom stereocenters. The molecule has 8 heteroatoms. The fourth-order valence-corrected chi connectivity index (χ4v) is 5.76. The number of benzene rings is 4. The van der Waals surface area contributed by atoms with Crippen molar-refractivity contribution in [3.63, 3.8) is 0 Å². The number of rotatable bonds is 12. The molecule has 0 amide bonds. The van der Waals surface area contributed by atoms with E-state index in [2.05, 4.69) is 46.4 Å². The van der Waals surface area contributed by atoms with E-state index in [4.69, 9.17) is 0 Å². The standard InChI is InChI=1S/C29H29N3O4S/c33-32(34)27-20-10-11-21-28(27)37(35,36)31-23-13-12-22-30-29(24-14-4-1-5-15-24,25-16-6-2-7-17-25)26-18-8-3-9-19-26/h1-11,14-21,30-31H,12-13,22-23H2. The predicted octanol–water partition coefficient (Wildman–Crippen LogP) is 5.24. The van der Waals surface area contributed by atoms with E-state index in [0.717, 1.165) is 16.7 Å². The Balaban J connectivity index is 1.49. The molecule has 2 N–H and O–H groups in total. The zero-order valence-corrected chi connectivity index (χ0v) is 21.1. The van der Waals surface area contributed by atoms with Crippen molar-refractivity contribution in [3.8, 4) is 0 Å². The van der Waals surface area contributed by atoms with Gasteiger partial charge in [-0.3, -0.25) is 15.4 Å². The molecule has 0 saturated heterocycles. The minimum Gasteiger partial charge on any atom is -0.300 e. The van der Waals surface area contributed by atoms with Gasteiger partial charge in [0.15, 0.2) is 4.90 Å². The Hall–Kier alpha value is -3.85. The topological polar surface area (TPSA) is 101 Å². The lowest BCUT2D eigenvalue weighted by Gasteiger charge is -2.37. The van der Waals surface area contributed by atoms with Crippen molar-refractivity contribution in [1.29, 1.82) is 0 Å². The lowest BCUT2D eigenvalue weighted by molar-refractivity contribution is -0.387. The molecule has 0 spiro atoms. The van der Waals surface area contributed by atoms with Crippen molar-refractivity contribution in [2.24, 2.45) is 0 Å². The van der Waals surface area contributed by atoms with Gasteiger partial charge in [0.25, 0.3) is 5.69 Å². The molecule has 0 heterocycles. The van der Waals surface area contributed by atoms with Crippen LogP contribution in [0.3, 0.4) is 0 Å². The number of hydrogen-bond acceptors (Lipinski definition) is 5. The highest BCUT2D eigenvalue weighted by molar-refractivity contribution is 7.89. The van der Waals surface area contributed by atoms with Gasteiger partial charge in [0.05, 0.1) is 10.5 Å². The maximum absolute atomic E-state index is 12.7. The van der Waals surface area contributed by atoms with Crippen LogP contribution in [0.5, 0.6) is 0 Å². The van der Waals surface area contributed by atoms with Crippen molar-refractivity contribution >= 4 is 15.7 Å². The third-order valence-electron chi connectivity index (χ3n) is 6.26. The lowest BCUT2D eigenvalue weighted by Crippen LogP contribution is -2.45. The molecule has 0 aliphatic carbocycles. The van der Waals surface area contributed by atoms with E-state index in [1.807, 2.05) is 54.6 Å². The van der Waals surface area contributed by atoms with Crippen molar-refractivity contribution in [1.82, 2.24) is 10.0 Å². The third kappa shape index (κ3) is 5.94. The van der Waals surface area contributed by atoms with E-state index in [1.54, 1.807) is 0 Å². The molecule has 4 rings (SSSR count). The number of nitrogens with zero attached hydrogens (tertiary/aromatic N) is 1. The SMILES string of the molecule is O=[N+]([O-])c1ccccc1S(=O)(=O)NCCCCNC(c1ccccc1)(c1ccccc1)c1ccccc1. The van der Waals surface area contributed by atoms with Crippen LogP contribution in [-0.2, 0) is 15.6 Å². The zero-order chi connectivity index (χ0) is 26.1. The fraction of sp³-hybridized carbons (Fsp3) is 0.172. The van der Waals surface area contributed by atoms with E-state index < -0.39 is 26.2 Å². The monoisotopic (exact) mass is 515 g/mol. The van der Waals surface area contributed by atoms with E-state index in [9.17, 15) is 18.5 Å². The summed E-state index contributed by atoms with van der Waals surface area (Å²) < 4.78 is 27.8. The number of nitro benzene ring substituents is 1. The summed E-state index contributed by atoms with van der Waals surface area (Å²) in [5.74, 6) is 0. The van der Waals surface area contributed by atoms with Crippen LogP contribution in [0, 0.1) is 10.1 Å². The number of para-hydroxylation sites is 1. The van der Waals surface area contributed by atoms with Gasteiger partial charge in [0, 0.05) is 12.6 Å². The second kappa shape index (κ2) is 11.9. The fourth-order valence-electron chi connectivity index (χ4n) is 4.52. The van der Waals surface area contributed by atoms with Gasteiger partial charge in [-0.1, -0.05) is 103 Å². The van der Waals surface area contributed by atoms with Gasteiger partial charge in [-0.05, 0) is 42.1 Å². The van der Waals surface area contributed by atoms with Gasteiger partial charge in [-0.15, -0.1) is 0 Å². The quantitative estimate of drug-likeness (QED) is 0.116. The highest BCUT2D eigenvalue weighted by Crippen LogP contribution is 2.36. The molecule has 0 bridgehead atoms. The first-order valence-electron chi connectivity index (χ1n) is 12.1. The molecular formula is C29H29N3O4S. The van der Waals surface area contributed by atoms with Crippen LogP contribution < -0.4 is 10.0 Å². The number of sulfonamides is 1. The first-order chi connectivity index (χ1) is 17.9. The van der Waals surface area contributed by atoms with Gasteiger partial charge >= 0.3 is 0 Å². The first kappa shape index (κ1) is 26.2. The summed E-state index contributed by atoms with van der Waals surface area (Å²) in [6.45, 7) is 0.789. The van der Waals surface area contributed by atoms with Crippen molar-refractivity contribution in [2.45, 2.75) is 23.3 Å². The van der Waals surface area contributed by atoms with Gasteiger partial charge < -0.3 is 0 Å². The number of unbranched alkanes of at least 4 members (excludes halogenated alkanes) is 1. The Morgan fingerprint density at radius 2 is 1.08 bits per heavy atom. The van der Waals surface area contributed by atoms with Crippen molar-refractivity contribution in [3.05, 3.63) is 142 Å². The summed E-state index contributed by atoms with van der Waals surface area (Å²) in [7, 11) is -3.99. The lowest BCUT2D eigenvalue weighted by atomic mass is 9.77. The van der Waals surface area contributed by atoms with Gasteiger partial charge in [-0.2, -0.15) is 0 Å². The van der Waals surface area contributed by atoms with Crippen molar-refractivity contribution in [2.75, 3.05) is 13.1 Å². The highest BCUT2D eigenvalue weighted by atomic mass is 32.2. The zero-order valence-electron chi connectivity index (χ0n) is 20.3. The maximum Gasteiger partial charge on any atom is 0.289 e. The average Bonchev–Trinajstić information content (AvgIpc) is 2.94. The van der Waals surface area contributed by atoms with Crippen LogP contribution in [0.2, 0.25) is 0 Å². The average molecular weight is 516 g/mol. The molecule has 0 unspecified atom stereocenters. The predicted molar refractivity (Wildman–Crippen MR) is 145 cm³/mol. The van der Waals surface area contributed by atoms with E-state index in [0.29, 0.717) is 19.4 Å². The molecule has 0 fully saturated rings. The van der Waals surface area contributed by atoms with Crippen LogP contribution in [-0.4, -0.2) is 26.4 Å². The maximum atomic E-state index is 12.7. The summed E-state index contributed by atoms with van der Waals surface area (Å²) >= 11 is 0. The van der Waals surface area contributed by atoms with E-state index >= 15 is 0 Å². The molecule has 0 aliphatic heterocycles. The summed E-state index contributed by atoms with van der Waals surface area (Å²) in [5, 5.41) is 15.0. The molecule has 4 aromatic carbocycles. The smallest absolute Gasteiger partial charge is 0.289 e. The normalized spacial score (nSPS) is 11.8. The molecule has 190 valence electrons. The molecular weight excluding hydrogens is 486 g/mol. The summed E-state index contributed by atoms with van der Waals surface area (Å²) in [5.41, 5.74) is 2.28.